The lowest BCUT2D eigenvalue weighted by Gasteiger charge is -2.21. The van der Waals surface area contributed by atoms with Crippen LogP contribution in [0.1, 0.15) is 79.0 Å². The van der Waals surface area contributed by atoms with Gasteiger partial charge in [0.15, 0.2) is 0 Å². The molecule has 0 aliphatic heterocycles. The first-order valence-corrected chi connectivity index (χ1v) is 13.7. The van der Waals surface area contributed by atoms with E-state index in [1.807, 2.05) is 62.3 Å². The van der Waals surface area contributed by atoms with Gasteiger partial charge in [-0.1, -0.05) is 62.3 Å². The Balaban J connectivity index is 1.75. The summed E-state index contributed by atoms with van der Waals surface area (Å²) < 4.78 is 18.0. The second kappa shape index (κ2) is 11.0. The van der Waals surface area contributed by atoms with Crippen molar-refractivity contribution >= 4 is 0 Å². The number of nitrogens with zero attached hydrogens (tertiary/aromatic N) is 3. The van der Waals surface area contributed by atoms with E-state index in [9.17, 15) is 15.3 Å². The van der Waals surface area contributed by atoms with Crippen molar-refractivity contribution in [1.29, 1.82) is 0 Å². The van der Waals surface area contributed by atoms with E-state index in [1.165, 1.54) is 0 Å². The van der Waals surface area contributed by atoms with Gasteiger partial charge in [-0.25, -0.2) is 0 Å². The van der Waals surface area contributed by atoms with Gasteiger partial charge in [-0.05, 0) is 70.8 Å². The van der Waals surface area contributed by atoms with Crippen molar-refractivity contribution in [3.05, 3.63) is 71.3 Å². The van der Waals surface area contributed by atoms with E-state index in [0.29, 0.717) is 33.9 Å². The van der Waals surface area contributed by atoms with Crippen LogP contribution in [0.3, 0.4) is 0 Å². The number of aromatic nitrogens is 3. The third-order valence-electron chi connectivity index (χ3n) is 6.53. The summed E-state index contributed by atoms with van der Waals surface area (Å²) >= 11 is 0. The van der Waals surface area contributed by atoms with E-state index in [0.717, 1.165) is 0 Å². The maximum Gasteiger partial charge on any atom is 0.331 e. The molecule has 0 saturated carbocycles. The number of hydrogen-bond acceptors (Lipinski definition) is 9. The Hall–Kier alpha value is -4.53. The van der Waals surface area contributed by atoms with Crippen LogP contribution in [0, 0.1) is 0 Å². The number of phenolic OH excluding ortho intramolecular Hbond substituents is 3. The fourth-order valence-corrected chi connectivity index (χ4v) is 4.31. The summed E-state index contributed by atoms with van der Waals surface area (Å²) in [4.78, 5) is 13.1. The molecule has 9 nitrogen and oxygen atoms in total. The first-order chi connectivity index (χ1) is 19.4. The van der Waals surface area contributed by atoms with Gasteiger partial charge >= 0.3 is 18.0 Å². The minimum Gasteiger partial charge on any atom is -0.508 e. The molecule has 0 saturated heterocycles. The van der Waals surface area contributed by atoms with Crippen molar-refractivity contribution in [3.63, 3.8) is 0 Å². The van der Waals surface area contributed by atoms with Gasteiger partial charge in [-0.15, -0.1) is 15.0 Å². The topological polar surface area (TPSA) is 127 Å². The van der Waals surface area contributed by atoms with Crippen molar-refractivity contribution in [1.82, 2.24) is 15.0 Å². The summed E-state index contributed by atoms with van der Waals surface area (Å²) in [5, 5.41) is 31.1. The van der Waals surface area contributed by atoms with E-state index < -0.39 is 0 Å². The van der Waals surface area contributed by atoms with Crippen LogP contribution in [0.2, 0.25) is 0 Å². The molecule has 222 valence electrons. The van der Waals surface area contributed by atoms with Crippen LogP contribution >= 0.6 is 0 Å². The third-order valence-corrected chi connectivity index (χ3v) is 6.53. The average molecular weight is 574 g/mol. The molecule has 4 aromatic rings. The quantitative estimate of drug-likeness (QED) is 0.209. The van der Waals surface area contributed by atoms with Gasteiger partial charge in [-0.3, -0.25) is 0 Å². The SMILES string of the molecule is CC(C)(C)c1cc(Oc2nc(Oc3ccc(O)c(C(C)(C)C)c3)nc(Oc3ccc(O)c(C(C)(C)C)c3)n2)ccc1O. The van der Waals surface area contributed by atoms with Crippen LogP contribution < -0.4 is 14.2 Å². The summed E-state index contributed by atoms with van der Waals surface area (Å²) in [6.45, 7) is 17.9. The standard InChI is InChI=1S/C33H39N3O6/c1-31(2,3)22-16-19(10-13-25(22)37)40-28-34-29(41-20-11-14-26(38)23(17-20)32(4,5)6)36-30(35-28)42-21-12-15-27(39)24(18-21)33(7,8)9/h10-18,37-39H,1-9H3. The van der Waals surface area contributed by atoms with Gasteiger partial charge in [-0.2, -0.15) is 0 Å². The van der Waals surface area contributed by atoms with Crippen molar-refractivity contribution in [2.45, 2.75) is 78.6 Å². The zero-order valence-corrected chi connectivity index (χ0v) is 25.6. The summed E-state index contributed by atoms with van der Waals surface area (Å²) in [5.74, 6) is 1.67. The predicted octanol–water partition coefficient (Wildman–Crippen LogP) is 8.26. The van der Waals surface area contributed by atoms with E-state index in [-0.39, 0.29) is 51.5 Å². The maximum atomic E-state index is 10.4. The second-order valence-corrected chi connectivity index (χ2v) is 13.3. The molecule has 0 unspecified atom stereocenters. The zero-order valence-electron chi connectivity index (χ0n) is 25.6. The van der Waals surface area contributed by atoms with Gasteiger partial charge in [0.25, 0.3) is 0 Å². The Morgan fingerprint density at radius 2 is 0.667 bits per heavy atom. The normalized spacial score (nSPS) is 12.2. The van der Waals surface area contributed by atoms with Crippen LogP contribution in [-0.2, 0) is 16.2 Å². The lowest BCUT2D eigenvalue weighted by Crippen LogP contribution is -2.12. The van der Waals surface area contributed by atoms with Crippen LogP contribution in [0.4, 0.5) is 0 Å². The Morgan fingerprint density at radius 3 is 0.881 bits per heavy atom. The van der Waals surface area contributed by atoms with Crippen LogP contribution in [0.5, 0.6) is 52.5 Å². The molecule has 1 aromatic heterocycles. The minimum atomic E-state index is -0.335. The Bertz CT molecular complexity index is 1400. The second-order valence-electron chi connectivity index (χ2n) is 13.3. The number of rotatable bonds is 6. The fraction of sp³-hybridized carbons (Fsp3) is 0.364. The smallest absolute Gasteiger partial charge is 0.331 e. The molecular formula is C33H39N3O6. The van der Waals surface area contributed by atoms with Crippen molar-refractivity contribution in [2.75, 3.05) is 0 Å². The van der Waals surface area contributed by atoms with Crippen LogP contribution in [0.25, 0.3) is 0 Å². The highest BCUT2D eigenvalue weighted by molar-refractivity contribution is 5.46. The fourth-order valence-electron chi connectivity index (χ4n) is 4.31. The van der Waals surface area contributed by atoms with Gasteiger partial charge in [0.2, 0.25) is 0 Å². The molecule has 0 aliphatic carbocycles. The zero-order chi connectivity index (χ0) is 31.0. The number of phenols is 3. The first-order valence-electron chi connectivity index (χ1n) is 13.7. The molecule has 4 rings (SSSR count). The van der Waals surface area contributed by atoms with Gasteiger partial charge in [0.05, 0.1) is 0 Å². The highest BCUT2D eigenvalue weighted by atomic mass is 16.5. The minimum absolute atomic E-state index is 0.0924. The summed E-state index contributed by atoms with van der Waals surface area (Å²) in [7, 11) is 0. The number of ether oxygens (including phenoxy) is 3. The van der Waals surface area contributed by atoms with E-state index in [4.69, 9.17) is 14.2 Å². The third kappa shape index (κ3) is 7.21. The molecule has 42 heavy (non-hydrogen) atoms. The average Bonchev–Trinajstić information content (AvgIpc) is 2.85. The monoisotopic (exact) mass is 573 g/mol. The summed E-state index contributed by atoms with van der Waals surface area (Å²) in [6.07, 6.45) is 0. The molecule has 3 aromatic carbocycles. The van der Waals surface area contributed by atoms with Gasteiger partial charge in [0.1, 0.15) is 34.5 Å². The molecule has 0 radical (unpaired) electrons. The summed E-state index contributed by atoms with van der Waals surface area (Å²) in [6, 6.07) is 14.4. The Kier molecular flexibility index (Phi) is 8.00. The molecule has 3 N–H and O–H groups in total. The highest BCUT2D eigenvalue weighted by Gasteiger charge is 2.23. The molecule has 0 bridgehead atoms. The van der Waals surface area contributed by atoms with E-state index in [1.54, 1.807) is 54.6 Å². The lowest BCUT2D eigenvalue weighted by atomic mass is 9.86. The Morgan fingerprint density at radius 1 is 0.429 bits per heavy atom. The maximum absolute atomic E-state index is 10.4. The molecule has 0 atom stereocenters. The van der Waals surface area contributed by atoms with Crippen molar-refractivity contribution in [3.8, 4) is 52.5 Å². The molecule has 0 fully saturated rings. The number of aromatic hydroxyl groups is 3. The molecule has 9 heteroatoms. The van der Waals surface area contributed by atoms with Crippen molar-refractivity contribution < 1.29 is 29.5 Å². The van der Waals surface area contributed by atoms with E-state index >= 15 is 0 Å². The first kappa shape index (κ1) is 30.4. The molecular weight excluding hydrogens is 534 g/mol. The molecule has 1 heterocycles. The lowest BCUT2D eigenvalue weighted by molar-refractivity contribution is 0.358. The number of hydrogen-bond donors (Lipinski definition) is 3. The predicted molar refractivity (Wildman–Crippen MR) is 160 cm³/mol. The highest BCUT2D eigenvalue weighted by Crippen LogP contribution is 2.38. The largest absolute Gasteiger partial charge is 0.508 e. The number of benzene rings is 3. The van der Waals surface area contributed by atoms with Crippen molar-refractivity contribution in [2.24, 2.45) is 0 Å². The summed E-state index contributed by atoms with van der Waals surface area (Å²) in [5.41, 5.74) is 1.08. The molecule has 0 amide bonds. The van der Waals surface area contributed by atoms with Crippen LogP contribution in [0.15, 0.2) is 54.6 Å². The van der Waals surface area contributed by atoms with Gasteiger partial charge in [0, 0.05) is 16.7 Å². The van der Waals surface area contributed by atoms with E-state index in [2.05, 4.69) is 15.0 Å². The Labute approximate surface area is 246 Å². The molecule has 0 aliphatic rings. The van der Waals surface area contributed by atoms with Gasteiger partial charge < -0.3 is 29.5 Å². The van der Waals surface area contributed by atoms with Crippen LogP contribution in [-0.4, -0.2) is 30.3 Å². The molecule has 0 spiro atoms.